The van der Waals surface area contributed by atoms with E-state index >= 15 is 0 Å². The highest BCUT2D eigenvalue weighted by atomic mass is 28.3. The Hall–Kier alpha value is -7.14. The van der Waals surface area contributed by atoms with Crippen LogP contribution in [0.5, 0.6) is 0 Å². The van der Waals surface area contributed by atoms with Crippen LogP contribution in [-0.4, -0.2) is 22.6 Å². The molecule has 59 heavy (non-hydrogen) atoms. The molecule has 10 aromatic rings. The SMILES string of the molecule is CC1(C)c2ccccc2-c2c1ccc1c3ccccc3n(-c3ccc(-c4nc(-c5ccccc5)nc5c4[Si](c4ccccc4)(c4ccccc4)c4ccccc4-5)cc3)c21. The molecule has 0 radical (unpaired) electrons. The lowest BCUT2D eigenvalue weighted by Gasteiger charge is -2.32. The van der Waals surface area contributed by atoms with E-state index in [0.29, 0.717) is 0 Å². The monoisotopic (exact) mass is 769 g/mol. The van der Waals surface area contributed by atoms with Crippen LogP contribution in [0.15, 0.2) is 200 Å². The van der Waals surface area contributed by atoms with E-state index < -0.39 is 8.07 Å². The summed E-state index contributed by atoms with van der Waals surface area (Å²) in [5.41, 5.74) is 14.2. The van der Waals surface area contributed by atoms with E-state index in [9.17, 15) is 0 Å². The fourth-order valence-electron chi connectivity index (χ4n) is 10.5. The molecule has 0 unspecified atom stereocenters. The highest BCUT2D eigenvalue weighted by molar-refractivity contribution is 7.22. The second-order valence-corrected chi connectivity index (χ2v) is 20.2. The van der Waals surface area contributed by atoms with Gasteiger partial charge in [-0.2, -0.15) is 0 Å². The molecule has 0 saturated carbocycles. The predicted octanol–water partition coefficient (Wildman–Crippen LogP) is 10.6. The Morgan fingerprint density at radius 3 is 1.78 bits per heavy atom. The number of fused-ring (bicyclic) bond motifs is 10. The third-order valence-electron chi connectivity index (χ3n) is 13.1. The van der Waals surface area contributed by atoms with E-state index in [1.165, 1.54) is 70.4 Å². The molecule has 4 heteroatoms. The van der Waals surface area contributed by atoms with Crippen LogP contribution in [-0.2, 0) is 5.41 Å². The van der Waals surface area contributed by atoms with Crippen LogP contribution in [0.25, 0.3) is 72.5 Å². The molecule has 2 aromatic heterocycles. The van der Waals surface area contributed by atoms with Crippen LogP contribution >= 0.6 is 0 Å². The fraction of sp³-hybridized carbons (Fsp3) is 0.0545. The van der Waals surface area contributed by atoms with Crippen molar-refractivity contribution in [3.05, 3.63) is 211 Å². The smallest absolute Gasteiger partial charge is 0.185 e. The molecule has 0 amide bonds. The first-order chi connectivity index (χ1) is 29.0. The Balaban J connectivity index is 1.14. The largest absolute Gasteiger partial charge is 0.309 e. The molecule has 0 bridgehead atoms. The number of benzene rings is 8. The predicted molar refractivity (Wildman–Crippen MR) is 247 cm³/mol. The quantitative estimate of drug-likeness (QED) is 0.163. The minimum Gasteiger partial charge on any atom is -0.309 e. The summed E-state index contributed by atoms with van der Waals surface area (Å²) in [5.74, 6) is 0.739. The summed E-state index contributed by atoms with van der Waals surface area (Å²) in [7, 11) is -2.91. The maximum absolute atomic E-state index is 5.61. The lowest BCUT2D eigenvalue weighted by Crippen LogP contribution is -2.73. The molecule has 0 spiro atoms. The van der Waals surface area contributed by atoms with Gasteiger partial charge in [0.25, 0.3) is 0 Å². The van der Waals surface area contributed by atoms with Crippen molar-refractivity contribution in [2.45, 2.75) is 19.3 Å². The van der Waals surface area contributed by atoms with Crippen molar-refractivity contribution < 1.29 is 0 Å². The van der Waals surface area contributed by atoms with Crippen molar-refractivity contribution in [1.82, 2.24) is 14.5 Å². The van der Waals surface area contributed by atoms with Gasteiger partial charge in [0, 0.05) is 49.3 Å². The number of aromatic nitrogens is 3. The third-order valence-corrected chi connectivity index (χ3v) is 18.0. The standard InChI is InChI=1S/C55H39N3Si/c1-55(2)45-27-15-12-25-43(45)49-46(55)35-34-42-41-24-13-16-28-47(41)58(52(42)49)38-32-30-36(31-33-38)50-53-51(57-54(56-50)37-18-6-3-7-19-37)44-26-14-17-29-48(44)59(53,39-20-8-4-9-21-39)40-22-10-5-11-23-40/h3-35H,1-2H3. The molecule has 278 valence electrons. The Kier molecular flexibility index (Phi) is 7.29. The summed E-state index contributed by atoms with van der Waals surface area (Å²) in [6.45, 7) is 4.73. The zero-order valence-corrected chi connectivity index (χ0v) is 33.9. The summed E-state index contributed by atoms with van der Waals surface area (Å²) < 4.78 is 2.49. The zero-order valence-electron chi connectivity index (χ0n) is 32.9. The Bertz CT molecular complexity index is 3240. The van der Waals surface area contributed by atoms with E-state index in [2.05, 4.69) is 219 Å². The summed E-state index contributed by atoms with van der Waals surface area (Å²) in [5, 5.41) is 7.79. The van der Waals surface area contributed by atoms with Crippen LogP contribution in [0.3, 0.4) is 0 Å². The summed E-state index contributed by atoms with van der Waals surface area (Å²) in [6.07, 6.45) is 0. The van der Waals surface area contributed by atoms with E-state index in [4.69, 9.17) is 9.97 Å². The third kappa shape index (κ3) is 4.69. The maximum Gasteiger partial charge on any atom is 0.185 e. The molecule has 1 aliphatic heterocycles. The van der Waals surface area contributed by atoms with Crippen LogP contribution in [0.1, 0.15) is 25.0 Å². The molecule has 1 aliphatic carbocycles. The van der Waals surface area contributed by atoms with Gasteiger partial charge < -0.3 is 4.57 Å². The van der Waals surface area contributed by atoms with Gasteiger partial charge in [-0.05, 0) is 50.4 Å². The molecular formula is C55H39N3Si. The molecule has 0 fully saturated rings. The summed E-state index contributed by atoms with van der Waals surface area (Å²) in [6, 6.07) is 73.4. The lowest BCUT2D eigenvalue weighted by molar-refractivity contribution is 0.661. The second kappa shape index (κ2) is 12.7. The average molecular weight is 770 g/mol. The number of para-hydroxylation sites is 1. The van der Waals surface area contributed by atoms with Crippen LogP contribution in [0.2, 0.25) is 0 Å². The molecule has 2 aliphatic rings. The molecular weight excluding hydrogens is 731 g/mol. The second-order valence-electron chi connectivity index (χ2n) is 16.5. The Morgan fingerprint density at radius 2 is 1.05 bits per heavy atom. The number of hydrogen-bond acceptors (Lipinski definition) is 2. The molecule has 0 saturated heterocycles. The van der Waals surface area contributed by atoms with Crippen LogP contribution < -0.4 is 20.7 Å². The molecule has 12 rings (SSSR count). The summed E-state index contributed by atoms with van der Waals surface area (Å²) in [4.78, 5) is 11.1. The van der Waals surface area contributed by atoms with Crippen molar-refractivity contribution in [2.75, 3.05) is 0 Å². The van der Waals surface area contributed by atoms with E-state index in [0.717, 1.165) is 34.0 Å². The highest BCUT2D eigenvalue weighted by Gasteiger charge is 2.51. The molecule has 8 aromatic carbocycles. The Morgan fingerprint density at radius 1 is 0.458 bits per heavy atom. The van der Waals surface area contributed by atoms with Crippen molar-refractivity contribution in [3.8, 4) is 50.7 Å². The van der Waals surface area contributed by atoms with Crippen LogP contribution in [0.4, 0.5) is 0 Å². The minimum absolute atomic E-state index is 0.0966. The number of hydrogen-bond donors (Lipinski definition) is 0. The van der Waals surface area contributed by atoms with Crippen LogP contribution in [0, 0.1) is 0 Å². The lowest BCUT2D eigenvalue weighted by atomic mass is 9.82. The minimum atomic E-state index is -2.91. The number of rotatable bonds is 5. The highest BCUT2D eigenvalue weighted by Crippen LogP contribution is 2.53. The Labute approximate surface area is 345 Å². The normalized spacial score (nSPS) is 14.2. The molecule has 3 heterocycles. The summed E-state index contributed by atoms with van der Waals surface area (Å²) >= 11 is 0. The average Bonchev–Trinajstić information content (AvgIpc) is 3.89. The van der Waals surface area contributed by atoms with E-state index in [1.54, 1.807) is 0 Å². The van der Waals surface area contributed by atoms with Gasteiger partial charge in [-0.15, -0.1) is 0 Å². The first-order valence-corrected chi connectivity index (χ1v) is 22.5. The fourth-order valence-corrected chi connectivity index (χ4v) is 15.7. The van der Waals surface area contributed by atoms with Gasteiger partial charge in [-0.3, -0.25) is 0 Å². The number of nitrogens with zero attached hydrogens (tertiary/aromatic N) is 3. The molecule has 3 nitrogen and oxygen atoms in total. The molecule has 0 N–H and O–H groups in total. The van der Waals surface area contributed by atoms with Crippen molar-refractivity contribution >= 4 is 50.6 Å². The van der Waals surface area contributed by atoms with Gasteiger partial charge in [-0.25, -0.2) is 9.97 Å². The van der Waals surface area contributed by atoms with Gasteiger partial charge in [0.2, 0.25) is 0 Å². The van der Waals surface area contributed by atoms with Crippen molar-refractivity contribution in [3.63, 3.8) is 0 Å². The van der Waals surface area contributed by atoms with Gasteiger partial charge in [0.15, 0.2) is 13.9 Å². The zero-order chi connectivity index (χ0) is 39.3. The van der Waals surface area contributed by atoms with Gasteiger partial charge in [0.05, 0.1) is 22.4 Å². The van der Waals surface area contributed by atoms with E-state index in [1.807, 2.05) is 0 Å². The maximum atomic E-state index is 5.61. The first-order valence-electron chi connectivity index (χ1n) is 20.5. The topological polar surface area (TPSA) is 30.7 Å². The van der Waals surface area contributed by atoms with Gasteiger partial charge in [-0.1, -0.05) is 196 Å². The van der Waals surface area contributed by atoms with E-state index in [-0.39, 0.29) is 5.41 Å². The first kappa shape index (κ1) is 33.9. The molecule has 0 atom stereocenters. The van der Waals surface area contributed by atoms with Gasteiger partial charge >= 0.3 is 0 Å². The van der Waals surface area contributed by atoms with Crippen molar-refractivity contribution in [1.29, 1.82) is 0 Å². The van der Waals surface area contributed by atoms with Crippen molar-refractivity contribution in [2.24, 2.45) is 0 Å². The van der Waals surface area contributed by atoms with Gasteiger partial charge in [0.1, 0.15) is 0 Å².